The molecule has 2 unspecified atom stereocenters. The summed E-state index contributed by atoms with van der Waals surface area (Å²) in [6.45, 7) is 3.84. The Morgan fingerprint density at radius 3 is 2.59 bits per heavy atom. The van der Waals surface area contributed by atoms with E-state index in [1.807, 2.05) is 27.0 Å². The molecule has 0 radical (unpaired) electrons. The molecule has 0 amide bonds. The molecule has 1 aromatic heterocycles. The Balaban J connectivity index is 2.26. The lowest BCUT2D eigenvalue weighted by atomic mass is 9.93. The highest BCUT2D eigenvalue weighted by Gasteiger charge is 2.35. The van der Waals surface area contributed by atoms with E-state index < -0.39 is 9.84 Å². The van der Waals surface area contributed by atoms with Crippen molar-refractivity contribution in [3.63, 3.8) is 0 Å². The molecule has 0 aromatic carbocycles. The van der Waals surface area contributed by atoms with Gasteiger partial charge in [0.1, 0.15) is 11.5 Å². The van der Waals surface area contributed by atoms with Crippen molar-refractivity contribution in [2.45, 2.75) is 26.3 Å². The van der Waals surface area contributed by atoms with Gasteiger partial charge < -0.3 is 9.73 Å². The molecular weight excluding hydrogens is 238 g/mol. The molecule has 96 valence electrons. The summed E-state index contributed by atoms with van der Waals surface area (Å²) in [6, 6.07) is 2.08. The standard InChI is InChI=1S/C12H19NO3S/c1-8-6-11(9(2)16-8)12(13-3)10-4-5-17(14,15)7-10/h6,10,12-13H,4-5,7H2,1-3H3. The molecular formula is C12H19NO3S. The van der Waals surface area contributed by atoms with Crippen molar-refractivity contribution in [2.75, 3.05) is 18.6 Å². The van der Waals surface area contributed by atoms with Crippen LogP contribution >= 0.6 is 0 Å². The number of hydrogen-bond acceptors (Lipinski definition) is 4. The lowest BCUT2D eigenvalue weighted by Gasteiger charge is -2.21. The van der Waals surface area contributed by atoms with Crippen LogP contribution in [0.25, 0.3) is 0 Å². The Bertz CT molecular complexity index is 504. The molecule has 4 nitrogen and oxygen atoms in total. The van der Waals surface area contributed by atoms with Crippen molar-refractivity contribution in [3.05, 3.63) is 23.2 Å². The van der Waals surface area contributed by atoms with Crippen LogP contribution in [0.2, 0.25) is 0 Å². The number of hydrogen-bond donors (Lipinski definition) is 1. The van der Waals surface area contributed by atoms with E-state index in [1.54, 1.807) is 0 Å². The molecule has 1 aliphatic rings. The van der Waals surface area contributed by atoms with Gasteiger partial charge in [0, 0.05) is 11.6 Å². The molecule has 2 atom stereocenters. The second-order valence-corrected chi connectivity index (χ2v) is 7.03. The third-order valence-electron chi connectivity index (χ3n) is 3.46. The van der Waals surface area contributed by atoms with E-state index in [2.05, 4.69) is 5.32 Å². The minimum Gasteiger partial charge on any atom is -0.466 e. The lowest BCUT2D eigenvalue weighted by molar-refractivity contribution is 0.408. The zero-order valence-corrected chi connectivity index (χ0v) is 11.3. The average Bonchev–Trinajstić information content (AvgIpc) is 2.72. The topological polar surface area (TPSA) is 59.3 Å². The minimum absolute atomic E-state index is 0.0738. The molecule has 17 heavy (non-hydrogen) atoms. The van der Waals surface area contributed by atoms with Gasteiger partial charge in [-0.1, -0.05) is 0 Å². The Morgan fingerprint density at radius 2 is 2.18 bits per heavy atom. The van der Waals surface area contributed by atoms with Crippen LogP contribution in [0.3, 0.4) is 0 Å². The monoisotopic (exact) mass is 257 g/mol. The summed E-state index contributed by atoms with van der Waals surface area (Å²) in [7, 11) is -0.963. The molecule has 0 aliphatic carbocycles. The smallest absolute Gasteiger partial charge is 0.150 e. The zero-order valence-electron chi connectivity index (χ0n) is 10.5. The Labute approximate surface area is 102 Å². The van der Waals surface area contributed by atoms with Crippen molar-refractivity contribution >= 4 is 9.84 Å². The van der Waals surface area contributed by atoms with Gasteiger partial charge in [0.2, 0.25) is 0 Å². The maximum absolute atomic E-state index is 11.5. The summed E-state index contributed by atoms with van der Waals surface area (Å²) in [5.41, 5.74) is 1.09. The fraction of sp³-hybridized carbons (Fsp3) is 0.667. The highest BCUT2D eigenvalue weighted by atomic mass is 32.2. The van der Waals surface area contributed by atoms with E-state index >= 15 is 0 Å². The van der Waals surface area contributed by atoms with Gasteiger partial charge >= 0.3 is 0 Å². The summed E-state index contributed by atoms with van der Waals surface area (Å²) < 4.78 is 28.6. The molecule has 1 aliphatic heterocycles. The van der Waals surface area contributed by atoms with Crippen LogP contribution in [0, 0.1) is 19.8 Å². The Kier molecular flexibility index (Phi) is 3.32. The molecule has 1 saturated heterocycles. The fourth-order valence-corrected chi connectivity index (χ4v) is 4.53. The summed E-state index contributed by atoms with van der Waals surface area (Å²) in [6.07, 6.45) is 0.734. The SMILES string of the molecule is CNC(c1cc(C)oc1C)C1CCS(=O)(=O)C1. The van der Waals surface area contributed by atoms with E-state index in [-0.39, 0.29) is 17.7 Å². The van der Waals surface area contributed by atoms with E-state index in [0.717, 1.165) is 23.5 Å². The summed E-state index contributed by atoms with van der Waals surface area (Å²) in [4.78, 5) is 0. The van der Waals surface area contributed by atoms with Crippen molar-refractivity contribution in [2.24, 2.45) is 5.92 Å². The summed E-state index contributed by atoms with van der Waals surface area (Å²) in [5.74, 6) is 2.50. The first-order valence-corrected chi connectivity index (χ1v) is 7.69. The van der Waals surface area contributed by atoms with Crippen molar-refractivity contribution < 1.29 is 12.8 Å². The molecule has 1 fully saturated rings. The first kappa shape index (κ1) is 12.6. The highest BCUT2D eigenvalue weighted by Crippen LogP contribution is 2.33. The average molecular weight is 257 g/mol. The third kappa shape index (κ3) is 2.55. The van der Waals surface area contributed by atoms with Crippen molar-refractivity contribution in [1.82, 2.24) is 5.32 Å². The van der Waals surface area contributed by atoms with Crippen LogP contribution in [0.5, 0.6) is 0 Å². The summed E-state index contributed by atoms with van der Waals surface area (Å²) in [5, 5.41) is 3.23. The van der Waals surface area contributed by atoms with Crippen LogP contribution < -0.4 is 5.32 Å². The van der Waals surface area contributed by atoms with E-state index in [4.69, 9.17) is 4.42 Å². The summed E-state index contributed by atoms with van der Waals surface area (Å²) >= 11 is 0. The van der Waals surface area contributed by atoms with Gasteiger partial charge in [-0.3, -0.25) is 0 Å². The zero-order chi connectivity index (χ0) is 12.6. The van der Waals surface area contributed by atoms with Crippen LogP contribution in [-0.2, 0) is 9.84 Å². The highest BCUT2D eigenvalue weighted by molar-refractivity contribution is 7.91. The molecule has 0 spiro atoms. The molecule has 5 heteroatoms. The molecule has 1 N–H and O–H groups in total. The predicted octanol–water partition coefficient (Wildman–Crippen LogP) is 1.59. The van der Waals surface area contributed by atoms with Crippen LogP contribution in [0.1, 0.15) is 29.5 Å². The van der Waals surface area contributed by atoms with Crippen molar-refractivity contribution in [3.8, 4) is 0 Å². The Morgan fingerprint density at radius 1 is 1.47 bits per heavy atom. The quantitative estimate of drug-likeness (QED) is 0.893. The second kappa shape index (κ2) is 4.46. The van der Waals surface area contributed by atoms with Crippen LogP contribution in [0.4, 0.5) is 0 Å². The van der Waals surface area contributed by atoms with Gasteiger partial charge in [-0.15, -0.1) is 0 Å². The van der Waals surface area contributed by atoms with Gasteiger partial charge in [0.15, 0.2) is 9.84 Å². The molecule has 1 aromatic rings. The van der Waals surface area contributed by atoms with Crippen LogP contribution in [0.15, 0.2) is 10.5 Å². The van der Waals surface area contributed by atoms with Gasteiger partial charge in [-0.25, -0.2) is 8.42 Å². The molecule has 2 rings (SSSR count). The second-order valence-electron chi connectivity index (χ2n) is 4.80. The Hall–Kier alpha value is -0.810. The number of aryl methyl sites for hydroxylation is 2. The molecule has 2 heterocycles. The maximum Gasteiger partial charge on any atom is 0.150 e. The normalized spacial score (nSPS) is 25.0. The lowest BCUT2D eigenvalue weighted by Crippen LogP contribution is -2.26. The minimum atomic E-state index is -2.84. The molecule has 0 saturated carbocycles. The van der Waals surface area contributed by atoms with Crippen LogP contribution in [-0.4, -0.2) is 27.0 Å². The molecule has 0 bridgehead atoms. The fourth-order valence-electron chi connectivity index (χ4n) is 2.69. The first-order chi connectivity index (χ1) is 7.93. The number of nitrogens with one attached hydrogen (secondary N) is 1. The van der Waals surface area contributed by atoms with E-state index in [9.17, 15) is 8.42 Å². The van der Waals surface area contributed by atoms with Gasteiger partial charge in [0.05, 0.1) is 11.5 Å². The third-order valence-corrected chi connectivity index (χ3v) is 5.26. The first-order valence-electron chi connectivity index (χ1n) is 5.87. The van der Waals surface area contributed by atoms with Gasteiger partial charge in [-0.05, 0) is 39.3 Å². The largest absolute Gasteiger partial charge is 0.466 e. The van der Waals surface area contributed by atoms with Gasteiger partial charge in [0.25, 0.3) is 0 Å². The number of rotatable bonds is 3. The van der Waals surface area contributed by atoms with E-state index in [1.165, 1.54) is 0 Å². The van der Waals surface area contributed by atoms with E-state index in [0.29, 0.717) is 5.75 Å². The van der Waals surface area contributed by atoms with Crippen molar-refractivity contribution in [1.29, 1.82) is 0 Å². The van der Waals surface area contributed by atoms with Gasteiger partial charge in [-0.2, -0.15) is 0 Å². The maximum atomic E-state index is 11.5. The number of furan rings is 1. The number of sulfone groups is 1. The predicted molar refractivity (Wildman–Crippen MR) is 66.7 cm³/mol.